The van der Waals surface area contributed by atoms with E-state index in [-0.39, 0.29) is 10.7 Å². The molecule has 0 saturated heterocycles. The molecule has 1 aromatic carbocycles. The highest BCUT2D eigenvalue weighted by Crippen LogP contribution is 2.29. The number of hydrogen-bond donors (Lipinski definition) is 1. The molecule has 1 aromatic heterocycles. The molecule has 0 amide bonds. The second kappa shape index (κ2) is 5.65. The van der Waals surface area contributed by atoms with Gasteiger partial charge in [0.25, 0.3) is 0 Å². The molecule has 92 valence electrons. The summed E-state index contributed by atoms with van der Waals surface area (Å²) in [6.07, 6.45) is 1.88. The predicted molar refractivity (Wildman–Crippen MR) is 74.9 cm³/mol. The van der Waals surface area contributed by atoms with Crippen LogP contribution >= 0.6 is 39.1 Å². The maximum Gasteiger partial charge on any atom is 0.156 e. The van der Waals surface area contributed by atoms with Crippen LogP contribution in [0.25, 0.3) is 0 Å². The fourth-order valence-electron chi connectivity index (χ4n) is 1.30. The molecule has 0 aliphatic rings. The Hall–Kier alpha value is -1.17. The molecule has 18 heavy (non-hydrogen) atoms. The van der Waals surface area contributed by atoms with E-state index in [0.717, 1.165) is 10.2 Å². The summed E-state index contributed by atoms with van der Waals surface area (Å²) in [7, 11) is 0. The maximum absolute atomic E-state index is 10.9. The molecule has 2 rings (SSSR count). The standard InChI is InChI=1S/C11H6BrCl2N3O/c12-8-3-6(13)1-2-9(8)17-11-7(4-18)10(14)15-5-16-11/h1-5H,(H,15,16,17). The molecule has 0 atom stereocenters. The topological polar surface area (TPSA) is 54.9 Å². The van der Waals surface area contributed by atoms with Crippen LogP contribution in [-0.4, -0.2) is 16.3 Å². The lowest BCUT2D eigenvalue weighted by Crippen LogP contribution is -2.01. The van der Waals surface area contributed by atoms with Gasteiger partial charge in [0.1, 0.15) is 17.3 Å². The van der Waals surface area contributed by atoms with Crippen molar-refractivity contribution in [3.63, 3.8) is 0 Å². The first-order valence-electron chi connectivity index (χ1n) is 4.79. The van der Waals surface area contributed by atoms with Crippen LogP contribution in [0.3, 0.4) is 0 Å². The lowest BCUT2D eigenvalue weighted by atomic mass is 10.3. The first kappa shape index (κ1) is 13.3. The van der Waals surface area contributed by atoms with Crippen LogP contribution in [-0.2, 0) is 0 Å². The van der Waals surface area contributed by atoms with E-state index in [2.05, 4.69) is 31.2 Å². The van der Waals surface area contributed by atoms with E-state index in [4.69, 9.17) is 23.2 Å². The highest BCUT2D eigenvalue weighted by molar-refractivity contribution is 9.10. The summed E-state index contributed by atoms with van der Waals surface area (Å²) in [5.41, 5.74) is 0.929. The number of hydrogen-bond acceptors (Lipinski definition) is 4. The number of anilines is 2. The third-order valence-electron chi connectivity index (χ3n) is 2.14. The summed E-state index contributed by atoms with van der Waals surface area (Å²) in [6.45, 7) is 0. The second-order valence-corrected chi connectivity index (χ2v) is 4.94. The zero-order valence-electron chi connectivity index (χ0n) is 8.82. The van der Waals surface area contributed by atoms with Gasteiger partial charge in [-0.15, -0.1) is 0 Å². The van der Waals surface area contributed by atoms with Crippen LogP contribution in [0.4, 0.5) is 11.5 Å². The van der Waals surface area contributed by atoms with Gasteiger partial charge in [-0.3, -0.25) is 4.79 Å². The Morgan fingerprint density at radius 2 is 2.06 bits per heavy atom. The molecule has 1 heterocycles. The van der Waals surface area contributed by atoms with Crippen LogP contribution in [0, 0.1) is 0 Å². The molecular weight excluding hydrogens is 341 g/mol. The first-order valence-corrected chi connectivity index (χ1v) is 6.34. The van der Waals surface area contributed by atoms with Crippen molar-refractivity contribution in [2.24, 2.45) is 0 Å². The van der Waals surface area contributed by atoms with Gasteiger partial charge in [-0.2, -0.15) is 0 Å². The zero-order valence-corrected chi connectivity index (χ0v) is 11.9. The Balaban J connectivity index is 2.40. The highest BCUT2D eigenvalue weighted by Gasteiger charge is 2.10. The SMILES string of the molecule is O=Cc1c(Cl)ncnc1Nc1ccc(Cl)cc1Br. The Morgan fingerprint density at radius 3 is 2.72 bits per heavy atom. The maximum atomic E-state index is 10.9. The Morgan fingerprint density at radius 1 is 1.28 bits per heavy atom. The fourth-order valence-corrected chi connectivity index (χ4v) is 2.26. The van der Waals surface area contributed by atoms with Crippen LogP contribution < -0.4 is 5.32 Å². The van der Waals surface area contributed by atoms with Crippen molar-refractivity contribution in [2.45, 2.75) is 0 Å². The van der Waals surface area contributed by atoms with E-state index in [0.29, 0.717) is 17.1 Å². The molecule has 0 radical (unpaired) electrons. The van der Waals surface area contributed by atoms with Crippen molar-refractivity contribution >= 4 is 56.9 Å². The molecule has 1 N–H and O–H groups in total. The van der Waals surface area contributed by atoms with Crippen molar-refractivity contribution in [1.82, 2.24) is 9.97 Å². The normalized spacial score (nSPS) is 10.2. The molecular formula is C11H6BrCl2N3O. The average Bonchev–Trinajstić information content (AvgIpc) is 2.33. The molecule has 0 fully saturated rings. The summed E-state index contributed by atoms with van der Waals surface area (Å²) in [4.78, 5) is 18.7. The largest absolute Gasteiger partial charge is 0.339 e. The van der Waals surface area contributed by atoms with Gasteiger partial charge in [0.05, 0.1) is 11.3 Å². The second-order valence-electron chi connectivity index (χ2n) is 3.29. The number of aldehydes is 1. The van der Waals surface area contributed by atoms with Gasteiger partial charge in [-0.05, 0) is 34.1 Å². The van der Waals surface area contributed by atoms with Gasteiger partial charge < -0.3 is 5.32 Å². The minimum atomic E-state index is 0.104. The molecule has 4 nitrogen and oxygen atoms in total. The molecule has 0 aliphatic heterocycles. The van der Waals surface area contributed by atoms with Crippen LogP contribution in [0.15, 0.2) is 29.0 Å². The number of aromatic nitrogens is 2. The number of carbonyl (C=O) groups is 1. The smallest absolute Gasteiger partial charge is 0.156 e. The van der Waals surface area contributed by atoms with E-state index < -0.39 is 0 Å². The third-order valence-corrected chi connectivity index (χ3v) is 3.33. The lowest BCUT2D eigenvalue weighted by Gasteiger charge is -2.10. The summed E-state index contributed by atoms with van der Waals surface area (Å²) in [5, 5.41) is 3.69. The van der Waals surface area contributed by atoms with Crippen molar-refractivity contribution in [3.8, 4) is 0 Å². The van der Waals surface area contributed by atoms with Gasteiger partial charge in [0, 0.05) is 9.50 Å². The number of nitrogens with one attached hydrogen (secondary N) is 1. The highest BCUT2D eigenvalue weighted by atomic mass is 79.9. The number of benzene rings is 1. The van der Waals surface area contributed by atoms with E-state index >= 15 is 0 Å². The van der Waals surface area contributed by atoms with Crippen molar-refractivity contribution in [1.29, 1.82) is 0 Å². The Labute approximate surface area is 121 Å². The van der Waals surface area contributed by atoms with Crippen LogP contribution in [0.2, 0.25) is 10.2 Å². The minimum absolute atomic E-state index is 0.104. The molecule has 0 aliphatic carbocycles. The van der Waals surface area contributed by atoms with E-state index in [9.17, 15) is 4.79 Å². The van der Waals surface area contributed by atoms with Gasteiger partial charge in [-0.1, -0.05) is 23.2 Å². The average molecular weight is 347 g/mol. The third kappa shape index (κ3) is 2.80. The Bertz CT molecular complexity index is 607. The van der Waals surface area contributed by atoms with E-state index in [1.54, 1.807) is 18.2 Å². The number of rotatable bonds is 3. The van der Waals surface area contributed by atoms with E-state index in [1.807, 2.05) is 0 Å². The van der Waals surface area contributed by atoms with Gasteiger partial charge in [0.2, 0.25) is 0 Å². The van der Waals surface area contributed by atoms with Crippen molar-refractivity contribution in [2.75, 3.05) is 5.32 Å². The van der Waals surface area contributed by atoms with Crippen LogP contribution in [0.1, 0.15) is 10.4 Å². The summed E-state index contributed by atoms with van der Waals surface area (Å²) >= 11 is 15.0. The first-order chi connectivity index (χ1) is 8.61. The Kier molecular flexibility index (Phi) is 4.16. The van der Waals surface area contributed by atoms with Gasteiger partial charge >= 0.3 is 0 Å². The summed E-state index contributed by atoms with van der Waals surface area (Å²) in [5.74, 6) is 0.341. The monoisotopic (exact) mass is 345 g/mol. The number of carbonyl (C=O) groups excluding carboxylic acids is 1. The van der Waals surface area contributed by atoms with E-state index in [1.165, 1.54) is 6.33 Å². The fraction of sp³-hybridized carbons (Fsp3) is 0. The lowest BCUT2D eigenvalue weighted by molar-refractivity contribution is 0.112. The number of halogens is 3. The minimum Gasteiger partial charge on any atom is -0.339 e. The molecule has 0 spiro atoms. The number of nitrogens with zero attached hydrogens (tertiary/aromatic N) is 2. The molecule has 2 aromatic rings. The zero-order chi connectivity index (χ0) is 13.1. The predicted octanol–water partition coefficient (Wildman–Crippen LogP) is 4.10. The quantitative estimate of drug-likeness (QED) is 0.671. The van der Waals surface area contributed by atoms with Crippen LogP contribution in [0.5, 0.6) is 0 Å². The van der Waals surface area contributed by atoms with Gasteiger partial charge in [-0.25, -0.2) is 9.97 Å². The van der Waals surface area contributed by atoms with Crippen molar-refractivity contribution < 1.29 is 4.79 Å². The summed E-state index contributed by atoms with van der Waals surface area (Å²) in [6, 6.07) is 5.21. The van der Waals surface area contributed by atoms with Gasteiger partial charge in [0.15, 0.2) is 6.29 Å². The molecule has 7 heteroatoms. The molecule has 0 saturated carbocycles. The molecule has 0 bridgehead atoms. The van der Waals surface area contributed by atoms with Crippen molar-refractivity contribution in [3.05, 3.63) is 44.7 Å². The summed E-state index contributed by atoms with van der Waals surface area (Å²) < 4.78 is 0.751. The molecule has 0 unspecified atom stereocenters.